The molecule has 0 radical (unpaired) electrons. The molecule has 2 aromatic heterocycles. The van der Waals surface area contributed by atoms with Crippen molar-refractivity contribution < 1.29 is 0 Å². The van der Waals surface area contributed by atoms with Crippen LogP contribution in [0.4, 0.5) is 5.82 Å². The molecule has 0 atom stereocenters. The Hall–Kier alpha value is -1.49. The molecule has 14 heavy (non-hydrogen) atoms. The van der Waals surface area contributed by atoms with Crippen molar-refractivity contribution in [3.05, 3.63) is 34.7 Å². The highest BCUT2D eigenvalue weighted by atomic mass is 32.1. The van der Waals surface area contributed by atoms with Crippen molar-refractivity contribution in [2.75, 3.05) is 5.32 Å². The summed E-state index contributed by atoms with van der Waals surface area (Å²) in [6, 6.07) is 1.83. The Morgan fingerprint density at radius 3 is 3.07 bits per heavy atom. The van der Waals surface area contributed by atoms with Gasteiger partial charge >= 0.3 is 0 Å². The quantitative estimate of drug-likeness (QED) is 0.832. The van der Waals surface area contributed by atoms with E-state index in [1.54, 1.807) is 17.5 Å². The number of hydrogen-bond donors (Lipinski definition) is 1. The van der Waals surface area contributed by atoms with Crippen LogP contribution < -0.4 is 5.32 Å². The van der Waals surface area contributed by atoms with Crippen LogP contribution in [-0.4, -0.2) is 15.0 Å². The predicted octanol–water partition coefficient (Wildman–Crippen LogP) is 1.85. The molecule has 0 aromatic carbocycles. The van der Waals surface area contributed by atoms with Crippen molar-refractivity contribution in [3.8, 4) is 0 Å². The summed E-state index contributed by atoms with van der Waals surface area (Å²) in [6.07, 6.45) is 3.23. The van der Waals surface area contributed by atoms with E-state index in [1.165, 1.54) is 6.33 Å². The maximum Gasteiger partial charge on any atom is 0.129 e. The van der Waals surface area contributed by atoms with Gasteiger partial charge in [0, 0.05) is 11.6 Å². The Labute approximate surface area is 86.1 Å². The zero-order chi connectivity index (χ0) is 9.80. The summed E-state index contributed by atoms with van der Waals surface area (Å²) < 4.78 is 0. The van der Waals surface area contributed by atoms with Crippen LogP contribution in [0.15, 0.2) is 24.0 Å². The molecule has 0 unspecified atom stereocenters. The SMILES string of the molecule is Cc1nc(CNc2ccncn2)cs1. The van der Waals surface area contributed by atoms with Gasteiger partial charge in [0.2, 0.25) is 0 Å². The summed E-state index contributed by atoms with van der Waals surface area (Å²) in [5.41, 5.74) is 1.05. The van der Waals surface area contributed by atoms with Crippen LogP contribution in [0, 0.1) is 6.92 Å². The highest BCUT2D eigenvalue weighted by Gasteiger charge is 1.97. The Morgan fingerprint density at radius 2 is 2.43 bits per heavy atom. The van der Waals surface area contributed by atoms with E-state index in [1.807, 2.05) is 18.4 Å². The van der Waals surface area contributed by atoms with Gasteiger partial charge in [-0.1, -0.05) is 0 Å². The van der Waals surface area contributed by atoms with E-state index in [0.29, 0.717) is 6.54 Å². The molecule has 0 fully saturated rings. The molecule has 0 aliphatic heterocycles. The van der Waals surface area contributed by atoms with Crippen LogP contribution in [0.2, 0.25) is 0 Å². The summed E-state index contributed by atoms with van der Waals surface area (Å²) in [5, 5.41) is 6.30. The zero-order valence-electron chi connectivity index (χ0n) is 7.77. The van der Waals surface area contributed by atoms with Crippen molar-refractivity contribution in [1.82, 2.24) is 15.0 Å². The summed E-state index contributed by atoms with van der Waals surface area (Å²) >= 11 is 1.66. The second-order valence-electron chi connectivity index (χ2n) is 2.81. The van der Waals surface area contributed by atoms with E-state index in [0.717, 1.165) is 16.5 Å². The minimum absolute atomic E-state index is 0.710. The van der Waals surface area contributed by atoms with Gasteiger partial charge in [-0.3, -0.25) is 0 Å². The van der Waals surface area contributed by atoms with Crippen LogP contribution in [0.25, 0.3) is 0 Å². The fourth-order valence-corrected chi connectivity index (χ4v) is 1.68. The Kier molecular flexibility index (Phi) is 2.69. The van der Waals surface area contributed by atoms with Crippen LogP contribution >= 0.6 is 11.3 Å². The number of thiazole rings is 1. The van der Waals surface area contributed by atoms with E-state index >= 15 is 0 Å². The van der Waals surface area contributed by atoms with Crippen molar-refractivity contribution in [3.63, 3.8) is 0 Å². The van der Waals surface area contributed by atoms with Crippen molar-refractivity contribution in [1.29, 1.82) is 0 Å². The second-order valence-corrected chi connectivity index (χ2v) is 3.87. The third-order valence-corrected chi connectivity index (χ3v) is 2.52. The van der Waals surface area contributed by atoms with Crippen molar-refractivity contribution >= 4 is 17.2 Å². The van der Waals surface area contributed by atoms with E-state index < -0.39 is 0 Å². The van der Waals surface area contributed by atoms with Crippen LogP contribution in [-0.2, 0) is 6.54 Å². The average molecular weight is 206 g/mol. The largest absolute Gasteiger partial charge is 0.364 e. The Balaban J connectivity index is 1.95. The fourth-order valence-electron chi connectivity index (χ4n) is 1.07. The van der Waals surface area contributed by atoms with Crippen LogP contribution in [0.3, 0.4) is 0 Å². The van der Waals surface area contributed by atoms with E-state index in [4.69, 9.17) is 0 Å². The van der Waals surface area contributed by atoms with Gasteiger partial charge in [-0.05, 0) is 13.0 Å². The molecule has 0 aliphatic rings. The summed E-state index contributed by atoms with van der Waals surface area (Å²) in [4.78, 5) is 12.2. The summed E-state index contributed by atoms with van der Waals surface area (Å²) in [5.74, 6) is 0.825. The molecular weight excluding hydrogens is 196 g/mol. The molecule has 0 spiro atoms. The molecule has 5 heteroatoms. The number of aromatic nitrogens is 3. The number of rotatable bonds is 3. The Bertz CT molecular complexity index is 398. The smallest absolute Gasteiger partial charge is 0.129 e. The molecule has 1 N–H and O–H groups in total. The highest BCUT2D eigenvalue weighted by Crippen LogP contribution is 2.09. The highest BCUT2D eigenvalue weighted by molar-refractivity contribution is 7.09. The number of nitrogens with zero attached hydrogens (tertiary/aromatic N) is 3. The first-order chi connectivity index (χ1) is 6.84. The zero-order valence-corrected chi connectivity index (χ0v) is 8.58. The van der Waals surface area contributed by atoms with Crippen LogP contribution in [0.1, 0.15) is 10.7 Å². The lowest BCUT2D eigenvalue weighted by molar-refractivity contribution is 1.03. The van der Waals surface area contributed by atoms with Gasteiger partial charge in [0.1, 0.15) is 12.1 Å². The topological polar surface area (TPSA) is 50.7 Å². The minimum atomic E-state index is 0.710. The number of aryl methyl sites for hydroxylation is 1. The summed E-state index contributed by atoms with van der Waals surface area (Å²) in [6.45, 7) is 2.71. The lowest BCUT2D eigenvalue weighted by Gasteiger charge is -2.01. The molecule has 4 nitrogen and oxygen atoms in total. The maximum absolute atomic E-state index is 4.34. The summed E-state index contributed by atoms with van der Waals surface area (Å²) in [7, 11) is 0. The monoisotopic (exact) mass is 206 g/mol. The standard InChI is InChI=1S/C9H10N4S/c1-7-13-8(5-14-7)4-11-9-2-3-10-6-12-9/h2-3,5-6H,4H2,1H3,(H,10,11,12). The van der Waals surface area contributed by atoms with Gasteiger partial charge in [-0.25, -0.2) is 15.0 Å². The van der Waals surface area contributed by atoms with Crippen LogP contribution in [0.5, 0.6) is 0 Å². The van der Waals surface area contributed by atoms with Gasteiger partial charge in [-0.2, -0.15) is 0 Å². The minimum Gasteiger partial charge on any atom is -0.364 e. The van der Waals surface area contributed by atoms with Gasteiger partial charge in [0.25, 0.3) is 0 Å². The maximum atomic E-state index is 4.34. The first-order valence-electron chi connectivity index (χ1n) is 4.25. The lowest BCUT2D eigenvalue weighted by atomic mass is 10.4. The number of anilines is 1. The molecule has 2 aromatic rings. The molecule has 0 saturated carbocycles. The fraction of sp³-hybridized carbons (Fsp3) is 0.222. The molecule has 2 rings (SSSR count). The molecule has 0 amide bonds. The van der Waals surface area contributed by atoms with Crippen molar-refractivity contribution in [2.24, 2.45) is 0 Å². The molecule has 0 bridgehead atoms. The van der Waals surface area contributed by atoms with Gasteiger partial charge in [0.15, 0.2) is 0 Å². The number of hydrogen-bond acceptors (Lipinski definition) is 5. The molecule has 72 valence electrons. The first-order valence-corrected chi connectivity index (χ1v) is 5.13. The molecule has 0 aliphatic carbocycles. The third-order valence-electron chi connectivity index (χ3n) is 1.70. The number of nitrogens with one attached hydrogen (secondary N) is 1. The van der Waals surface area contributed by atoms with E-state index in [9.17, 15) is 0 Å². The predicted molar refractivity (Wildman–Crippen MR) is 56.2 cm³/mol. The average Bonchev–Trinajstić information content (AvgIpc) is 2.63. The van der Waals surface area contributed by atoms with E-state index in [-0.39, 0.29) is 0 Å². The van der Waals surface area contributed by atoms with Crippen molar-refractivity contribution in [2.45, 2.75) is 13.5 Å². The molecule has 0 saturated heterocycles. The Morgan fingerprint density at radius 1 is 1.50 bits per heavy atom. The second kappa shape index (κ2) is 4.15. The van der Waals surface area contributed by atoms with Gasteiger partial charge in [0.05, 0.1) is 17.2 Å². The van der Waals surface area contributed by atoms with E-state index in [2.05, 4.69) is 20.3 Å². The molecular formula is C9H10N4S. The lowest BCUT2D eigenvalue weighted by Crippen LogP contribution is -2.01. The normalized spacial score (nSPS) is 10.1. The third kappa shape index (κ3) is 2.26. The molecule has 2 heterocycles. The van der Waals surface area contributed by atoms with Gasteiger partial charge < -0.3 is 5.32 Å². The van der Waals surface area contributed by atoms with Gasteiger partial charge in [-0.15, -0.1) is 11.3 Å². The first kappa shape index (κ1) is 9.08.